The summed E-state index contributed by atoms with van der Waals surface area (Å²) in [5.74, 6) is 0. The molecule has 0 bridgehead atoms. The van der Waals surface area contributed by atoms with Crippen LogP contribution in [-0.4, -0.2) is 11.4 Å². The lowest BCUT2D eigenvalue weighted by Crippen LogP contribution is -2.49. The molecule has 3 aromatic rings. The van der Waals surface area contributed by atoms with E-state index in [1.165, 1.54) is 22.3 Å². The molecule has 0 saturated heterocycles. The number of hydrogen-bond donors (Lipinski definition) is 0. The van der Waals surface area contributed by atoms with E-state index in [4.69, 9.17) is 11.6 Å². The molecule has 3 aromatic carbocycles. The molecule has 0 radical (unpaired) electrons. The molecule has 1 nitrogen and oxygen atoms in total. The lowest BCUT2D eigenvalue weighted by Gasteiger charge is -2.47. The van der Waals surface area contributed by atoms with Crippen LogP contribution in [0, 0.1) is 0 Å². The van der Waals surface area contributed by atoms with E-state index in [1.807, 2.05) is 12.1 Å². The van der Waals surface area contributed by atoms with Gasteiger partial charge in [-0.05, 0) is 41.7 Å². The maximum Gasteiger partial charge on any atom is 0.0707 e. The van der Waals surface area contributed by atoms with Gasteiger partial charge in [-0.2, -0.15) is 0 Å². The molecule has 0 amide bonds. The first-order chi connectivity index (χ1) is 12.2. The van der Waals surface area contributed by atoms with Crippen molar-refractivity contribution in [1.29, 1.82) is 0 Å². The molecule has 126 valence electrons. The first-order valence-corrected chi connectivity index (χ1v) is 9.20. The Morgan fingerprint density at radius 1 is 0.840 bits per heavy atom. The third kappa shape index (κ3) is 2.88. The minimum Gasteiger partial charge on any atom is -0.285 e. The van der Waals surface area contributed by atoms with E-state index < -0.39 is 0 Å². The quantitative estimate of drug-likeness (QED) is 0.590. The monoisotopic (exact) mass is 347 g/mol. The zero-order valence-electron chi connectivity index (χ0n) is 14.5. The molecular weight excluding hydrogens is 326 g/mol. The minimum absolute atomic E-state index is 0.233. The number of nitrogens with zero attached hydrogens (tertiary/aromatic N) is 1. The fourth-order valence-corrected chi connectivity index (χ4v) is 4.39. The summed E-state index contributed by atoms with van der Waals surface area (Å²) in [6.45, 7) is 4.25. The van der Waals surface area contributed by atoms with E-state index in [0.29, 0.717) is 0 Å². The van der Waals surface area contributed by atoms with Crippen molar-refractivity contribution in [3.63, 3.8) is 0 Å². The summed E-state index contributed by atoms with van der Waals surface area (Å²) in [6.07, 6.45) is 1.07. The number of fused-ring (bicyclic) bond motifs is 1. The highest BCUT2D eigenvalue weighted by atomic mass is 35.5. The van der Waals surface area contributed by atoms with Gasteiger partial charge in [-0.25, -0.2) is 0 Å². The van der Waals surface area contributed by atoms with Crippen LogP contribution in [0.3, 0.4) is 0 Å². The molecule has 0 fully saturated rings. The van der Waals surface area contributed by atoms with Gasteiger partial charge in [0.25, 0.3) is 0 Å². The Balaban J connectivity index is 1.85. The molecule has 1 atom stereocenters. The van der Waals surface area contributed by atoms with E-state index >= 15 is 0 Å². The van der Waals surface area contributed by atoms with Gasteiger partial charge in [0.05, 0.1) is 5.54 Å². The first-order valence-electron chi connectivity index (χ1n) is 8.82. The van der Waals surface area contributed by atoms with E-state index in [2.05, 4.69) is 78.6 Å². The van der Waals surface area contributed by atoms with Crippen LogP contribution in [-0.2, 0) is 18.5 Å². The molecule has 0 aromatic heterocycles. The Bertz CT molecular complexity index is 874. The molecule has 0 saturated carbocycles. The van der Waals surface area contributed by atoms with Gasteiger partial charge in [-0.1, -0.05) is 84.4 Å². The smallest absolute Gasteiger partial charge is 0.0707 e. The van der Waals surface area contributed by atoms with Gasteiger partial charge in [-0.15, -0.1) is 0 Å². The van der Waals surface area contributed by atoms with Crippen LogP contribution < -0.4 is 0 Å². The molecule has 1 aliphatic heterocycles. The Labute approximate surface area is 154 Å². The van der Waals surface area contributed by atoms with Crippen molar-refractivity contribution >= 4 is 11.6 Å². The first kappa shape index (κ1) is 16.4. The zero-order chi connectivity index (χ0) is 17.3. The summed E-state index contributed by atoms with van der Waals surface area (Å²) >= 11 is 6.66. The SMILES string of the molecule is CC1(c2ccccc2Cl)c2ccccc2CCN1Cc1ccccc1. The fraction of sp³-hybridized carbons (Fsp3) is 0.217. The third-order valence-corrected chi connectivity index (χ3v) is 5.77. The van der Waals surface area contributed by atoms with Gasteiger partial charge in [0, 0.05) is 18.1 Å². The third-order valence-electron chi connectivity index (χ3n) is 5.44. The van der Waals surface area contributed by atoms with Gasteiger partial charge < -0.3 is 0 Å². The Morgan fingerprint density at radius 2 is 1.48 bits per heavy atom. The molecule has 0 N–H and O–H groups in total. The molecule has 0 spiro atoms. The Kier molecular flexibility index (Phi) is 4.37. The van der Waals surface area contributed by atoms with Gasteiger partial charge in [0.15, 0.2) is 0 Å². The van der Waals surface area contributed by atoms with Crippen molar-refractivity contribution in [2.24, 2.45) is 0 Å². The molecule has 1 heterocycles. The Morgan fingerprint density at radius 3 is 2.24 bits per heavy atom. The molecule has 4 rings (SSSR count). The average Bonchev–Trinajstić information content (AvgIpc) is 2.65. The maximum atomic E-state index is 6.66. The van der Waals surface area contributed by atoms with Crippen molar-refractivity contribution in [3.8, 4) is 0 Å². The highest BCUT2D eigenvalue weighted by Gasteiger charge is 2.40. The number of benzene rings is 3. The second-order valence-corrected chi connectivity index (χ2v) is 7.27. The summed E-state index contributed by atoms with van der Waals surface area (Å²) in [7, 11) is 0. The predicted octanol–water partition coefficient (Wildman–Crippen LogP) is 5.66. The van der Waals surface area contributed by atoms with Gasteiger partial charge in [0.1, 0.15) is 0 Å². The highest BCUT2D eigenvalue weighted by molar-refractivity contribution is 6.31. The largest absolute Gasteiger partial charge is 0.285 e. The van der Waals surface area contributed by atoms with Crippen LogP contribution in [0.15, 0.2) is 78.9 Å². The average molecular weight is 348 g/mol. The second-order valence-electron chi connectivity index (χ2n) is 6.87. The lowest BCUT2D eigenvalue weighted by molar-refractivity contribution is 0.117. The topological polar surface area (TPSA) is 3.24 Å². The standard InChI is InChI=1S/C23H22ClN/c1-23(21-13-7-8-14-22(21)24)20-12-6-5-11-19(20)15-16-25(23)17-18-9-3-2-4-10-18/h2-14H,15-17H2,1H3. The number of halogens is 1. The Hall–Kier alpha value is -2.09. The molecule has 2 heteroatoms. The normalized spacial score (nSPS) is 20.2. The van der Waals surface area contributed by atoms with Gasteiger partial charge >= 0.3 is 0 Å². The highest BCUT2D eigenvalue weighted by Crippen LogP contribution is 2.44. The predicted molar refractivity (Wildman–Crippen MR) is 105 cm³/mol. The number of hydrogen-bond acceptors (Lipinski definition) is 1. The lowest BCUT2D eigenvalue weighted by atomic mass is 9.77. The van der Waals surface area contributed by atoms with E-state index in [-0.39, 0.29) is 5.54 Å². The zero-order valence-corrected chi connectivity index (χ0v) is 15.2. The van der Waals surface area contributed by atoms with Crippen LogP contribution in [0.2, 0.25) is 5.02 Å². The van der Waals surface area contributed by atoms with E-state index in [9.17, 15) is 0 Å². The van der Waals surface area contributed by atoms with Crippen LogP contribution in [0.25, 0.3) is 0 Å². The molecule has 1 unspecified atom stereocenters. The summed E-state index contributed by atoms with van der Waals surface area (Å²) in [6, 6.07) is 27.8. The molecule has 25 heavy (non-hydrogen) atoms. The second kappa shape index (κ2) is 6.67. The van der Waals surface area contributed by atoms with Gasteiger partial charge in [-0.3, -0.25) is 4.90 Å². The van der Waals surface area contributed by atoms with Crippen molar-refractivity contribution < 1.29 is 0 Å². The molecule has 0 aliphatic carbocycles. The van der Waals surface area contributed by atoms with Crippen LogP contribution in [0.4, 0.5) is 0 Å². The summed E-state index contributed by atoms with van der Waals surface area (Å²) in [5.41, 5.74) is 5.07. The van der Waals surface area contributed by atoms with Crippen molar-refractivity contribution in [3.05, 3.63) is 106 Å². The summed E-state index contributed by atoms with van der Waals surface area (Å²) < 4.78 is 0. The summed E-state index contributed by atoms with van der Waals surface area (Å²) in [4.78, 5) is 2.56. The van der Waals surface area contributed by atoms with E-state index in [1.54, 1.807) is 0 Å². The van der Waals surface area contributed by atoms with Crippen molar-refractivity contribution in [2.75, 3.05) is 6.54 Å². The molecular formula is C23H22ClN. The summed E-state index contributed by atoms with van der Waals surface area (Å²) in [5, 5.41) is 0.833. The van der Waals surface area contributed by atoms with Crippen LogP contribution >= 0.6 is 11.6 Å². The van der Waals surface area contributed by atoms with Crippen molar-refractivity contribution in [2.45, 2.75) is 25.4 Å². The van der Waals surface area contributed by atoms with Crippen molar-refractivity contribution in [1.82, 2.24) is 4.90 Å². The van der Waals surface area contributed by atoms with Crippen LogP contribution in [0.1, 0.15) is 29.2 Å². The van der Waals surface area contributed by atoms with E-state index in [0.717, 1.165) is 24.5 Å². The minimum atomic E-state index is -0.233. The fourth-order valence-electron chi connectivity index (χ4n) is 4.07. The molecule has 1 aliphatic rings. The maximum absolute atomic E-state index is 6.66. The van der Waals surface area contributed by atoms with Gasteiger partial charge in [0.2, 0.25) is 0 Å². The number of rotatable bonds is 3. The van der Waals surface area contributed by atoms with Crippen LogP contribution in [0.5, 0.6) is 0 Å².